The van der Waals surface area contributed by atoms with Gasteiger partial charge in [-0.15, -0.1) is 24.0 Å². The van der Waals surface area contributed by atoms with E-state index in [4.69, 9.17) is 21.1 Å². The molecule has 1 N–H and O–H groups in total. The highest BCUT2D eigenvalue weighted by Crippen LogP contribution is 2.18. The molecule has 0 amide bonds. The molecule has 2 aliphatic heterocycles. The summed E-state index contributed by atoms with van der Waals surface area (Å²) in [6.07, 6.45) is 6.31. The van der Waals surface area contributed by atoms with Crippen molar-refractivity contribution in [2.45, 2.75) is 50.9 Å². The summed E-state index contributed by atoms with van der Waals surface area (Å²) in [5.41, 5.74) is 1.20. The molecule has 0 saturated carbocycles. The lowest BCUT2D eigenvalue weighted by Crippen LogP contribution is -2.47. The van der Waals surface area contributed by atoms with E-state index in [0.29, 0.717) is 12.2 Å². The van der Waals surface area contributed by atoms with Gasteiger partial charge in [0.05, 0.1) is 18.8 Å². The van der Waals surface area contributed by atoms with Gasteiger partial charge in [0.15, 0.2) is 5.96 Å². The molecule has 2 saturated heterocycles. The van der Waals surface area contributed by atoms with E-state index >= 15 is 0 Å². The second-order valence-corrected chi connectivity index (χ2v) is 7.47. The number of nitrogens with zero attached hydrogens (tertiary/aromatic N) is 2. The highest BCUT2D eigenvalue weighted by Gasteiger charge is 2.23. The Morgan fingerprint density at radius 2 is 1.96 bits per heavy atom. The summed E-state index contributed by atoms with van der Waals surface area (Å²) in [5, 5.41) is 4.21. The van der Waals surface area contributed by atoms with Crippen molar-refractivity contribution in [1.82, 2.24) is 10.2 Å². The lowest BCUT2D eigenvalue weighted by molar-refractivity contribution is -0.0721. The molecule has 27 heavy (non-hydrogen) atoms. The number of likely N-dealkylation sites (tertiary alicyclic amines) is 1. The van der Waals surface area contributed by atoms with Crippen LogP contribution in [0.25, 0.3) is 0 Å². The van der Waals surface area contributed by atoms with Crippen molar-refractivity contribution in [3.8, 4) is 0 Å². The van der Waals surface area contributed by atoms with E-state index in [-0.39, 0.29) is 24.0 Å². The molecular formula is C20H31ClIN3O2. The zero-order valence-electron chi connectivity index (χ0n) is 16.0. The largest absolute Gasteiger partial charge is 0.376 e. The summed E-state index contributed by atoms with van der Waals surface area (Å²) in [5.74, 6) is 0.953. The van der Waals surface area contributed by atoms with Gasteiger partial charge in [-0.05, 0) is 49.8 Å². The first kappa shape index (κ1) is 22.7. The monoisotopic (exact) mass is 507 g/mol. The number of nitrogens with one attached hydrogen (secondary N) is 1. The molecule has 2 heterocycles. The third-order valence-electron chi connectivity index (χ3n) is 5.11. The van der Waals surface area contributed by atoms with Crippen molar-refractivity contribution in [1.29, 1.82) is 0 Å². The van der Waals surface area contributed by atoms with Crippen molar-refractivity contribution in [2.75, 3.05) is 33.4 Å². The highest BCUT2D eigenvalue weighted by molar-refractivity contribution is 14.0. The first-order chi connectivity index (χ1) is 12.7. The molecule has 2 fully saturated rings. The third-order valence-corrected chi connectivity index (χ3v) is 5.36. The molecular weight excluding hydrogens is 477 g/mol. The Morgan fingerprint density at radius 3 is 2.59 bits per heavy atom. The molecule has 0 radical (unpaired) electrons. The molecule has 2 aliphatic rings. The Morgan fingerprint density at radius 1 is 1.22 bits per heavy atom. The van der Waals surface area contributed by atoms with E-state index in [2.05, 4.69) is 15.2 Å². The molecule has 0 aliphatic carbocycles. The number of rotatable bonds is 5. The predicted octanol–water partition coefficient (Wildman–Crippen LogP) is 4.08. The maximum absolute atomic E-state index is 6.10. The summed E-state index contributed by atoms with van der Waals surface area (Å²) in [7, 11) is 1.84. The summed E-state index contributed by atoms with van der Waals surface area (Å²) >= 11 is 5.94. The van der Waals surface area contributed by atoms with Gasteiger partial charge in [-0.1, -0.05) is 23.7 Å². The minimum Gasteiger partial charge on any atom is -0.376 e. The number of halogens is 2. The van der Waals surface area contributed by atoms with Gasteiger partial charge in [-0.25, -0.2) is 0 Å². The average molecular weight is 508 g/mol. The Bertz CT molecular complexity index is 571. The number of guanidine groups is 1. The fourth-order valence-corrected chi connectivity index (χ4v) is 3.66. The molecule has 0 spiro atoms. The summed E-state index contributed by atoms with van der Waals surface area (Å²) in [6, 6.07) is 7.91. The molecule has 0 bridgehead atoms. The Labute approximate surface area is 184 Å². The van der Waals surface area contributed by atoms with E-state index in [0.717, 1.165) is 63.1 Å². The van der Waals surface area contributed by atoms with Crippen molar-refractivity contribution in [2.24, 2.45) is 4.99 Å². The van der Waals surface area contributed by atoms with Crippen molar-refractivity contribution >= 4 is 41.5 Å². The van der Waals surface area contributed by atoms with Crippen LogP contribution >= 0.6 is 35.6 Å². The summed E-state index contributed by atoms with van der Waals surface area (Å²) in [6.45, 7) is 4.32. The fourth-order valence-electron chi connectivity index (χ4n) is 3.53. The van der Waals surface area contributed by atoms with Gasteiger partial charge >= 0.3 is 0 Å². The lowest BCUT2D eigenvalue weighted by atomic mass is 10.1. The lowest BCUT2D eigenvalue weighted by Gasteiger charge is -2.35. The molecule has 5 nitrogen and oxygen atoms in total. The summed E-state index contributed by atoms with van der Waals surface area (Å²) in [4.78, 5) is 6.75. The standard InChI is InChI=1S/C20H30ClN3O2.HI/c1-22-20(23-14-16-5-7-17(21)8-6-16)24-11-9-18(10-12-24)26-15-19-4-2-3-13-25-19;/h5-8,18-19H,2-4,9-15H2,1H3,(H,22,23);1H. The SMILES string of the molecule is CN=C(NCc1ccc(Cl)cc1)N1CCC(OCC2CCCCO2)CC1.I. The zero-order chi connectivity index (χ0) is 18.2. The van der Waals surface area contributed by atoms with E-state index in [9.17, 15) is 0 Å². The fraction of sp³-hybridized carbons (Fsp3) is 0.650. The maximum Gasteiger partial charge on any atom is 0.193 e. The smallest absolute Gasteiger partial charge is 0.193 e. The van der Waals surface area contributed by atoms with Gasteiger partial charge in [0, 0.05) is 38.3 Å². The van der Waals surface area contributed by atoms with Gasteiger partial charge in [0.1, 0.15) is 0 Å². The second kappa shape index (κ2) is 12.1. The van der Waals surface area contributed by atoms with Crippen molar-refractivity contribution in [3.63, 3.8) is 0 Å². The van der Waals surface area contributed by atoms with E-state index in [1.807, 2.05) is 31.3 Å². The molecule has 152 valence electrons. The van der Waals surface area contributed by atoms with Crippen LogP contribution in [-0.2, 0) is 16.0 Å². The first-order valence-electron chi connectivity index (χ1n) is 9.68. The number of ether oxygens (including phenoxy) is 2. The van der Waals surface area contributed by atoms with Gasteiger partial charge in [0.2, 0.25) is 0 Å². The molecule has 1 unspecified atom stereocenters. The van der Waals surface area contributed by atoms with Gasteiger partial charge in [-0.2, -0.15) is 0 Å². The van der Waals surface area contributed by atoms with Crippen LogP contribution in [0.5, 0.6) is 0 Å². The first-order valence-corrected chi connectivity index (χ1v) is 10.1. The normalized spacial score (nSPS) is 21.6. The molecule has 1 atom stereocenters. The van der Waals surface area contributed by atoms with Crippen LogP contribution in [0.15, 0.2) is 29.3 Å². The van der Waals surface area contributed by atoms with Crippen molar-refractivity contribution < 1.29 is 9.47 Å². The second-order valence-electron chi connectivity index (χ2n) is 7.04. The van der Waals surface area contributed by atoms with Crippen LogP contribution in [0.1, 0.15) is 37.7 Å². The number of benzene rings is 1. The Kier molecular flexibility index (Phi) is 10.2. The number of hydrogen-bond acceptors (Lipinski definition) is 3. The number of piperidine rings is 1. The predicted molar refractivity (Wildman–Crippen MR) is 121 cm³/mol. The van der Waals surface area contributed by atoms with Crippen LogP contribution in [0.2, 0.25) is 5.02 Å². The van der Waals surface area contributed by atoms with Crippen LogP contribution in [0.3, 0.4) is 0 Å². The van der Waals surface area contributed by atoms with Crippen LogP contribution in [0.4, 0.5) is 0 Å². The van der Waals surface area contributed by atoms with Gasteiger partial charge in [0.25, 0.3) is 0 Å². The Balaban J connectivity index is 0.00000261. The maximum atomic E-state index is 6.10. The highest BCUT2D eigenvalue weighted by atomic mass is 127. The molecule has 7 heteroatoms. The van der Waals surface area contributed by atoms with E-state index < -0.39 is 0 Å². The summed E-state index contributed by atoms with van der Waals surface area (Å²) < 4.78 is 11.9. The quantitative estimate of drug-likeness (QED) is 0.371. The van der Waals surface area contributed by atoms with Gasteiger partial charge in [-0.3, -0.25) is 4.99 Å². The molecule has 1 aromatic rings. The third kappa shape index (κ3) is 7.40. The van der Waals surface area contributed by atoms with Crippen LogP contribution in [-0.4, -0.2) is 56.4 Å². The number of hydrogen-bond donors (Lipinski definition) is 1. The molecule has 1 aromatic carbocycles. The minimum absolute atomic E-state index is 0. The van der Waals surface area contributed by atoms with Crippen molar-refractivity contribution in [3.05, 3.63) is 34.9 Å². The topological polar surface area (TPSA) is 46.1 Å². The molecule has 0 aromatic heterocycles. The zero-order valence-corrected chi connectivity index (χ0v) is 19.1. The van der Waals surface area contributed by atoms with E-state index in [1.54, 1.807) is 0 Å². The van der Waals surface area contributed by atoms with Crippen LogP contribution in [0, 0.1) is 0 Å². The average Bonchev–Trinajstić information content (AvgIpc) is 2.70. The molecule has 3 rings (SSSR count). The van der Waals surface area contributed by atoms with Gasteiger partial charge < -0.3 is 19.7 Å². The minimum atomic E-state index is 0. The van der Waals surface area contributed by atoms with Crippen LogP contribution < -0.4 is 5.32 Å². The number of aliphatic imine (C=N–C) groups is 1. The Hall–Kier alpha value is -0.570. The van der Waals surface area contributed by atoms with E-state index in [1.165, 1.54) is 18.4 Å².